The second-order valence-electron chi connectivity index (χ2n) is 8.23. The fraction of sp³-hybridized carbons (Fsp3) is 0.269. The molecule has 0 radical (unpaired) electrons. The zero-order valence-corrected chi connectivity index (χ0v) is 18.6. The number of benzene rings is 2. The minimum absolute atomic E-state index is 0.0541. The molecule has 168 valence electrons. The van der Waals surface area contributed by atoms with Crippen molar-refractivity contribution in [2.45, 2.75) is 33.0 Å². The highest BCUT2D eigenvalue weighted by molar-refractivity contribution is 5.71. The van der Waals surface area contributed by atoms with Gasteiger partial charge in [0, 0.05) is 43.4 Å². The second kappa shape index (κ2) is 9.03. The maximum atomic E-state index is 13.5. The van der Waals surface area contributed by atoms with Crippen molar-refractivity contribution in [2.75, 3.05) is 13.2 Å². The summed E-state index contributed by atoms with van der Waals surface area (Å²) in [4.78, 5) is 28.2. The predicted octanol–water partition coefficient (Wildman–Crippen LogP) is 3.28. The van der Waals surface area contributed by atoms with Gasteiger partial charge in [-0.05, 0) is 12.5 Å². The van der Waals surface area contributed by atoms with E-state index in [2.05, 4.69) is 22.1 Å². The topological polar surface area (TPSA) is 68.8 Å². The van der Waals surface area contributed by atoms with Gasteiger partial charge in [-0.1, -0.05) is 60.7 Å². The number of aromatic nitrogens is 3. The number of nitrogens with zero attached hydrogens (tertiary/aromatic N) is 4. The lowest BCUT2D eigenvalue weighted by Gasteiger charge is -2.30. The zero-order valence-electron chi connectivity index (χ0n) is 18.6. The highest BCUT2D eigenvalue weighted by atomic mass is 16.5. The molecule has 0 atom stereocenters. The van der Waals surface area contributed by atoms with Crippen LogP contribution >= 0.6 is 0 Å². The molecule has 33 heavy (non-hydrogen) atoms. The van der Waals surface area contributed by atoms with Gasteiger partial charge in [-0.25, -0.2) is 0 Å². The summed E-state index contributed by atoms with van der Waals surface area (Å²) in [6, 6.07) is 21.9. The lowest BCUT2D eigenvalue weighted by molar-refractivity contribution is -0.143. The Morgan fingerprint density at radius 3 is 2.52 bits per heavy atom. The van der Waals surface area contributed by atoms with Crippen molar-refractivity contribution in [3.63, 3.8) is 0 Å². The van der Waals surface area contributed by atoms with Crippen molar-refractivity contribution in [3.05, 3.63) is 93.9 Å². The Hall–Kier alpha value is -3.71. The third kappa shape index (κ3) is 4.19. The van der Waals surface area contributed by atoms with Crippen LogP contribution in [0.4, 0.5) is 0 Å². The summed E-state index contributed by atoms with van der Waals surface area (Å²) in [5.41, 5.74) is 4.91. The number of ether oxygens (including phenoxy) is 1. The third-order valence-corrected chi connectivity index (χ3v) is 6.05. The van der Waals surface area contributed by atoms with E-state index in [1.165, 1.54) is 10.1 Å². The fourth-order valence-corrected chi connectivity index (χ4v) is 4.52. The molecule has 5 rings (SSSR count). The summed E-state index contributed by atoms with van der Waals surface area (Å²) in [5, 5.41) is 4.63. The molecule has 7 heteroatoms. The van der Waals surface area contributed by atoms with Crippen molar-refractivity contribution in [1.82, 2.24) is 19.1 Å². The number of carbonyl (C=O) groups excluding carboxylic acids is 1. The van der Waals surface area contributed by atoms with Gasteiger partial charge in [-0.3, -0.25) is 14.5 Å². The lowest BCUT2D eigenvalue weighted by Crippen LogP contribution is -2.39. The predicted molar refractivity (Wildman–Crippen MR) is 126 cm³/mol. The molecular weight excluding hydrogens is 416 g/mol. The van der Waals surface area contributed by atoms with Crippen LogP contribution in [0.15, 0.2) is 71.5 Å². The maximum absolute atomic E-state index is 13.5. The molecule has 0 amide bonds. The minimum Gasteiger partial charge on any atom is -0.465 e. The highest BCUT2D eigenvalue weighted by Gasteiger charge is 2.26. The van der Waals surface area contributed by atoms with Gasteiger partial charge in [0.05, 0.1) is 17.9 Å². The Balaban J connectivity index is 1.60. The summed E-state index contributed by atoms with van der Waals surface area (Å²) in [7, 11) is 0. The molecule has 4 aromatic rings. The van der Waals surface area contributed by atoms with Crippen LogP contribution in [0.5, 0.6) is 0 Å². The molecule has 3 heterocycles. The standard InChI is InChI=1S/C26H26N4O3/c1-2-33-25(31)18-29-23-13-14-28(16-19-9-5-3-6-10-19)17-21(23)26(32)30-24(29)15-22(27-30)20-11-7-4-8-12-20/h3-12,15H,2,13-14,16-18H2,1H3. The summed E-state index contributed by atoms with van der Waals surface area (Å²) >= 11 is 0. The third-order valence-electron chi connectivity index (χ3n) is 6.05. The van der Waals surface area contributed by atoms with Crippen LogP contribution in [-0.2, 0) is 35.6 Å². The van der Waals surface area contributed by atoms with Gasteiger partial charge in [-0.2, -0.15) is 9.61 Å². The Kier molecular flexibility index (Phi) is 5.79. The van der Waals surface area contributed by atoms with Crippen molar-refractivity contribution in [2.24, 2.45) is 0 Å². The Morgan fingerprint density at radius 2 is 1.79 bits per heavy atom. The van der Waals surface area contributed by atoms with Crippen LogP contribution in [0.2, 0.25) is 0 Å². The SMILES string of the molecule is CCOC(=O)Cn1c2c(c(=O)n3nc(-c4ccccc4)cc13)CN(Cc1ccccc1)CC2. The molecule has 0 aliphatic carbocycles. The van der Waals surface area contributed by atoms with Crippen LogP contribution < -0.4 is 5.56 Å². The van der Waals surface area contributed by atoms with E-state index in [1.807, 2.05) is 59.2 Å². The molecule has 1 aliphatic heterocycles. The number of rotatable bonds is 6. The van der Waals surface area contributed by atoms with Crippen molar-refractivity contribution < 1.29 is 9.53 Å². The van der Waals surface area contributed by atoms with E-state index in [9.17, 15) is 9.59 Å². The average Bonchev–Trinajstić information content (AvgIpc) is 3.29. The molecular formula is C26H26N4O3. The number of hydrogen-bond acceptors (Lipinski definition) is 5. The maximum Gasteiger partial charge on any atom is 0.326 e. The molecule has 7 nitrogen and oxygen atoms in total. The van der Waals surface area contributed by atoms with Crippen molar-refractivity contribution in [1.29, 1.82) is 0 Å². The molecule has 0 bridgehead atoms. The smallest absolute Gasteiger partial charge is 0.326 e. The molecule has 0 saturated heterocycles. The van der Waals surface area contributed by atoms with E-state index >= 15 is 0 Å². The van der Waals surface area contributed by atoms with Gasteiger partial charge >= 0.3 is 5.97 Å². The van der Waals surface area contributed by atoms with E-state index in [0.29, 0.717) is 36.5 Å². The van der Waals surface area contributed by atoms with E-state index in [-0.39, 0.29) is 18.1 Å². The van der Waals surface area contributed by atoms with Crippen LogP contribution in [-0.4, -0.2) is 38.2 Å². The molecule has 0 N–H and O–H groups in total. The molecule has 0 spiro atoms. The lowest BCUT2D eigenvalue weighted by atomic mass is 10.0. The molecule has 0 fully saturated rings. The highest BCUT2D eigenvalue weighted by Crippen LogP contribution is 2.24. The van der Waals surface area contributed by atoms with E-state index in [1.54, 1.807) is 6.92 Å². The first-order chi connectivity index (χ1) is 16.1. The van der Waals surface area contributed by atoms with Gasteiger partial charge in [0.15, 0.2) is 0 Å². The molecule has 2 aromatic heterocycles. The Labute approximate surface area is 191 Å². The van der Waals surface area contributed by atoms with E-state index in [4.69, 9.17) is 4.74 Å². The number of hydrogen-bond donors (Lipinski definition) is 0. The van der Waals surface area contributed by atoms with Crippen LogP contribution in [0, 0.1) is 0 Å². The zero-order chi connectivity index (χ0) is 22.8. The summed E-state index contributed by atoms with van der Waals surface area (Å²) < 4.78 is 8.58. The van der Waals surface area contributed by atoms with Gasteiger partial charge in [0.25, 0.3) is 5.56 Å². The van der Waals surface area contributed by atoms with Crippen LogP contribution in [0.25, 0.3) is 16.9 Å². The van der Waals surface area contributed by atoms with Gasteiger partial charge < -0.3 is 9.30 Å². The number of carbonyl (C=O) groups is 1. The molecule has 0 saturated carbocycles. The molecule has 1 aliphatic rings. The number of esters is 1. The summed E-state index contributed by atoms with van der Waals surface area (Å²) in [6.45, 7) is 4.25. The Morgan fingerprint density at radius 1 is 1.06 bits per heavy atom. The number of fused-ring (bicyclic) bond motifs is 2. The molecule has 0 unspecified atom stereocenters. The average molecular weight is 443 g/mol. The largest absolute Gasteiger partial charge is 0.465 e. The van der Waals surface area contributed by atoms with E-state index < -0.39 is 0 Å². The first-order valence-corrected chi connectivity index (χ1v) is 11.3. The van der Waals surface area contributed by atoms with Gasteiger partial charge in [0.2, 0.25) is 0 Å². The van der Waals surface area contributed by atoms with Crippen molar-refractivity contribution >= 4 is 11.6 Å². The Bertz CT molecular complexity index is 1340. The normalized spacial score (nSPS) is 13.7. The van der Waals surface area contributed by atoms with Crippen LogP contribution in [0.3, 0.4) is 0 Å². The quantitative estimate of drug-likeness (QED) is 0.429. The first-order valence-electron chi connectivity index (χ1n) is 11.3. The fourth-order valence-electron chi connectivity index (χ4n) is 4.52. The monoisotopic (exact) mass is 442 g/mol. The van der Waals surface area contributed by atoms with Gasteiger partial charge in [-0.15, -0.1) is 0 Å². The molecule has 2 aromatic carbocycles. The minimum atomic E-state index is -0.320. The summed E-state index contributed by atoms with van der Waals surface area (Å²) in [6.07, 6.45) is 0.680. The first kappa shape index (κ1) is 21.2. The van der Waals surface area contributed by atoms with Crippen LogP contribution in [0.1, 0.15) is 23.7 Å². The second-order valence-corrected chi connectivity index (χ2v) is 8.23. The van der Waals surface area contributed by atoms with E-state index in [0.717, 1.165) is 24.3 Å². The van der Waals surface area contributed by atoms with Gasteiger partial charge in [0.1, 0.15) is 12.2 Å². The van der Waals surface area contributed by atoms with Crippen molar-refractivity contribution in [3.8, 4) is 11.3 Å². The summed E-state index contributed by atoms with van der Waals surface area (Å²) in [5.74, 6) is -0.320.